The van der Waals surface area contributed by atoms with Crippen molar-refractivity contribution in [1.29, 1.82) is 0 Å². The van der Waals surface area contributed by atoms with Crippen molar-refractivity contribution in [2.75, 3.05) is 14.2 Å². The number of nitrogens with zero attached hydrogens (tertiary/aromatic N) is 2. The molecule has 26 heavy (non-hydrogen) atoms. The highest BCUT2D eigenvalue weighted by molar-refractivity contribution is 6.42. The van der Waals surface area contributed by atoms with Gasteiger partial charge in [-0.3, -0.25) is 0 Å². The highest BCUT2D eigenvalue weighted by Crippen LogP contribution is 2.18. The van der Waals surface area contributed by atoms with E-state index in [9.17, 15) is 9.90 Å². The Hall–Kier alpha value is -3.35. The predicted molar refractivity (Wildman–Crippen MR) is 97.6 cm³/mol. The second kappa shape index (κ2) is 9.22. The number of hydrogen-bond donors (Lipinski definition) is 1. The molecule has 0 bridgehead atoms. The third-order valence-electron chi connectivity index (χ3n) is 3.53. The first-order chi connectivity index (χ1) is 12.6. The van der Waals surface area contributed by atoms with E-state index in [1.165, 1.54) is 14.2 Å². The molecule has 2 aromatic rings. The minimum Gasteiger partial charge on any atom is -0.489 e. The summed E-state index contributed by atoms with van der Waals surface area (Å²) in [5, 5.41) is 16.8. The fourth-order valence-corrected chi connectivity index (χ4v) is 2.33. The van der Waals surface area contributed by atoms with Crippen molar-refractivity contribution in [3.05, 3.63) is 65.2 Å². The fraction of sp³-hybridized carbons (Fsp3) is 0.211. The topological polar surface area (TPSA) is 89.7 Å². The smallest absolute Gasteiger partial charge is 0.358 e. The molecule has 7 heteroatoms. The monoisotopic (exact) mass is 356 g/mol. The molecule has 0 radical (unpaired) electrons. The van der Waals surface area contributed by atoms with Crippen LogP contribution in [0.4, 0.5) is 0 Å². The van der Waals surface area contributed by atoms with Gasteiger partial charge in [-0.25, -0.2) is 4.79 Å². The number of benzene rings is 2. The Morgan fingerprint density at radius 1 is 1.04 bits per heavy atom. The first-order valence-electron chi connectivity index (χ1n) is 7.80. The van der Waals surface area contributed by atoms with E-state index < -0.39 is 5.97 Å². The summed E-state index contributed by atoms with van der Waals surface area (Å²) < 4.78 is 5.83. The Morgan fingerprint density at radius 2 is 1.77 bits per heavy atom. The number of hydrogen-bond acceptors (Lipinski definition) is 6. The van der Waals surface area contributed by atoms with E-state index in [4.69, 9.17) is 9.57 Å². The third-order valence-corrected chi connectivity index (χ3v) is 3.53. The summed E-state index contributed by atoms with van der Waals surface area (Å²) in [4.78, 5) is 20.8. The fourth-order valence-electron chi connectivity index (χ4n) is 2.33. The summed E-state index contributed by atoms with van der Waals surface area (Å²) in [5.74, 6) is -0.545. The van der Waals surface area contributed by atoms with Gasteiger partial charge in [0.15, 0.2) is 5.71 Å². The number of carbonyl (C=O) groups is 1. The molecule has 136 valence electrons. The molecule has 0 unspecified atom stereocenters. The highest BCUT2D eigenvalue weighted by atomic mass is 16.6. The quantitative estimate of drug-likeness (QED) is 0.580. The summed E-state index contributed by atoms with van der Waals surface area (Å²) in [7, 11) is 2.79. The molecule has 0 fully saturated rings. The van der Waals surface area contributed by atoms with Crippen LogP contribution < -0.4 is 4.74 Å². The Kier molecular flexibility index (Phi) is 6.73. The highest BCUT2D eigenvalue weighted by Gasteiger charge is 2.17. The van der Waals surface area contributed by atoms with Gasteiger partial charge in [0.05, 0.1) is 5.71 Å². The molecule has 0 saturated carbocycles. The molecule has 0 heterocycles. The van der Waals surface area contributed by atoms with Crippen LogP contribution in [-0.2, 0) is 21.1 Å². The lowest BCUT2D eigenvalue weighted by atomic mass is 10.0. The van der Waals surface area contributed by atoms with E-state index in [2.05, 4.69) is 15.1 Å². The third kappa shape index (κ3) is 4.83. The van der Waals surface area contributed by atoms with Crippen molar-refractivity contribution in [3.8, 4) is 5.75 Å². The number of oxime groups is 2. The van der Waals surface area contributed by atoms with E-state index in [1.54, 1.807) is 24.3 Å². The van der Waals surface area contributed by atoms with Gasteiger partial charge in [0.25, 0.3) is 0 Å². The number of carboxylic acids is 1. The van der Waals surface area contributed by atoms with Crippen LogP contribution in [-0.4, -0.2) is 36.7 Å². The van der Waals surface area contributed by atoms with E-state index in [1.807, 2.05) is 31.2 Å². The van der Waals surface area contributed by atoms with E-state index in [0.717, 1.165) is 11.3 Å². The Labute approximate surface area is 151 Å². The molecule has 1 N–H and O–H groups in total. The van der Waals surface area contributed by atoms with Crippen molar-refractivity contribution in [2.45, 2.75) is 13.5 Å². The van der Waals surface area contributed by atoms with Crippen LogP contribution in [0.25, 0.3) is 0 Å². The number of ether oxygens (including phenoxy) is 1. The second-order valence-electron chi connectivity index (χ2n) is 5.26. The molecule has 0 aliphatic rings. The van der Waals surface area contributed by atoms with E-state index >= 15 is 0 Å². The molecule has 7 nitrogen and oxygen atoms in total. The minimum absolute atomic E-state index is 0.177. The van der Waals surface area contributed by atoms with Crippen LogP contribution in [0.1, 0.15) is 23.6 Å². The predicted octanol–water partition coefficient (Wildman–Crippen LogP) is 3.07. The molecule has 0 spiro atoms. The van der Waals surface area contributed by atoms with Gasteiger partial charge in [-0.1, -0.05) is 46.7 Å². The number of aliphatic carboxylic acids is 1. The van der Waals surface area contributed by atoms with Crippen molar-refractivity contribution in [3.63, 3.8) is 0 Å². The summed E-state index contributed by atoms with van der Waals surface area (Å²) in [5.41, 5.74) is 2.53. The van der Waals surface area contributed by atoms with E-state index in [-0.39, 0.29) is 12.3 Å². The van der Waals surface area contributed by atoms with Crippen LogP contribution in [0, 0.1) is 0 Å². The lowest BCUT2D eigenvalue weighted by Gasteiger charge is -2.11. The molecule has 2 aromatic carbocycles. The van der Waals surface area contributed by atoms with E-state index in [0.29, 0.717) is 16.9 Å². The maximum Gasteiger partial charge on any atom is 0.358 e. The maximum absolute atomic E-state index is 11.4. The van der Waals surface area contributed by atoms with Crippen molar-refractivity contribution < 1.29 is 24.3 Å². The minimum atomic E-state index is -1.17. The summed E-state index contributed by atoms with van der Waals surface area (Å²) in [6.45, 7) is 2.01. The molecular formula is C19H20N2O5. The molecule has 0 aliphatic carbocycles. The SMILES string of the molecule is CON=C(C)c1cccc(OCc2ccccc2C(=NOC)C(=O)O)c1. The van der Waals surface area contributed by atoms with Gasteiger partial charge >= 0.3 is 5.97 Å². The molecule has 0 saturated heterocycles. The molecular weight excluding hydrogens is 336 g/mol. The Morgan fingerprint density at radius 3 is 2.46 bits per heavy atom. The molecule has 2 rings (SSSR count). The average Bonchev–Trinajstić information content (AvgIpc) is 2.65. The Bertz CT molecular complexity index is 830. The van der Waals surface area contributed by atoms with Crippen LogP contribution in [0.15, 0.2) is 58.8 Å². The number of carboxylic acid groups (broad SMARTS) is 1. The molecule has 0 amide bonds. The van der Waals surface area contributed by atoms with Crippen LogP contribution in [0.3, 0.4) is 0 Å². The van der Waals surface area contributed by atoms with Gasteiger partial charge in [-0.15, -0.1) is 0 Å². The van der Waals surface area contributed by atoms with Gasteiger partial charge in [0.2, 0.25) is 0 Å². The number of rotatable bonds is 8. The standard InChI is InChI=1S/C19H20N2O5/c1-13(20-24-2)14-8-6-9-16(11-14)26-12-15-7-4-5-10-17(15)18(19(22)23)21-25-3/h4-11H,12H2,1-3H3,(H,22,23). The van der Waals surface area contributed by atoms with Gasteiger partial charge in [0.1, 0.15) is 26.6 Å². The van der Waals surface area contributed by atoms with Crippen LogP contribution in [0.2, 0.25) is 0 Å². The zero-order chi connectivity index (χ0) is 18.9. The lowest BCUT2D eigenvalue weighted by molar-refractivity contribution is -0.129. The molecule has 0 aliphatic heterocycles. The molecule has 0 aromatic heterocycles. The van der Waals surface area contributed by atoms with Gasteiger partial charge in [0, 0.05) is 11.1 Å². The molecule has 0 atom stereocenters. The van der Waals surface area contributed by atoms with Crippen molar-refractivity contribution >= 4 is 17.4 Å². The zero-order valence-electron chi connectivity index (χ0n) is 14.8. The first kappa shape index (κ1) is 19.0. The average molecular weight is 356 g/mol. The van der Waals surface area contributed by atoms with Gasteiger partial charge in [-0.05, 0) is 24.6 Å². The van der Waals surface area contributed by atoms with Crippen molar-refractivity contribution in [2.24, 2.45) is 10.3 Å². The largest absolute Gasteiger partial charge is 0.489 e. The second-order valence-corrected chi connectivity index (χ2v) is 5.26. The van der Waals surface area contributed by atoms with Gasteiger partial charge < -0.3 is 19.5 Å². The van der Waals surface area contributed by atoms with Crippen LogP contribution >= 0.6 is 0 Å². The van der Waals surface area contributed by atoms with Gasteiger partial charge in [-0.2, -0.15) is 0 Å². The van der Waals surface area contributed by atoms with Crippen molar-refractivity contribution in [1.82, 2.24) is 0 Å². The first-order valence-corrected chi connectivity index (χ1v) is 7.80. The lowest BCUT2D eigenvalue weighted by Crippen LogP contribution is -2.17. The zero-order valence-corrected chi connectivity index (χ0v) is 14.8. The summed E-state index contributed by atoms with van der Waals surface area (Å²) in [6.07, 6.45) is 0. The normalized spacial score (nSPS) is 11.8. The maximum atomic E-state index is 11.4. The Balaban J connectivity index is 2.23. The van der Waals surface area contributed by atoms with Crippen LogP contribution in [0.5, 0.6) is 5.75 Å². The summed E-state index contributed by atoms with van der Waals surface area (Å²) >= 11 is 0. The summed E-state index contributed by atoms with van der Waals surface area (Å²) in [6, 6.07) is 14.4.